The summed E-state index contributed by atoms with van der Waals surface area (Å²) < 4.78 is 0. The lowest BCUT2D eigenvalue weighted by Gasteiger charge is -2.15. The monoisotopic (exact) mass is 326 g/mol. The van der Waals surface area contributed by atoms with E-state index in [1.165, 1.54) is 0 Å². The van der Waals surface area contributed by atoms with Crippen LogP contribution in [0.3, 0.4) is 0 Å². The molecule has 0 heterocycles. The van der Waals surface area contributed by atoms with Crippen molar-refractivity contribution in [2.75, 3.05) is 14.1 Å². The summed E-state index contributed by atoms with van der Waals surface area (Å²) in [6.45, 7) is 0.716. The molecule has 126 valence electrons. The molecule has 5 nitrogen and oxygen atoms in total. The number of rotatable bonds is 7. The van der Waals surface area contributed by atoms with Gasteiger partial charge in [-0.1, -0.05) is 42.5 Å². The van der Waals surface area contributed by atoms with Crippen molar-refractivity contribution in [2.45, 2.75) is 19.0 Å². The predicted molar refractivity (Wildman–Crippen MR) is 92.9 cm³/mol. The van der Waals surface area contributed by atoms with E-state index in [9.17, 15) is 14.7 Å². The second-order valence-electron chi connectivity index (χ2n) is 5.99. The molecule has 2 aromatic carbocycles. The van der Waals surface area contributed by atoms with Gasteiger partial charge in [-0.05, 0) is 37.4 Å². The minimum absolute atomic E-state index is 0.249. The van der Waals surface area contributed by atoms with E-state index in [-0.39, 0.29) is 12.3 Å². The molecule has 1 atom stereocenters. The van der Waals surface area contributed by atoms with Crippen LogP contribution in [-0.4, -0.2) is 42.0 Å². The van der Waals surface area contributed by atoms with E-state index in [1.807, 2.05) is 55.4 Å². The summed E-state index contributed by atoms with van der Waals surface area (Å²) in [5, 5.41) is 12.0. The summed E-state index contributed by atoms with van der Waals surface area (Å²) >= 11 is 0. The molecule has 0 fully saturated rings. The Morgan fingerprint density at radius 2 is 1.71 bits per heavy atom. The highest BCUT2D eigenvalue weighted by Gasteiger charge is 2.21. The summed E-state index contributed by atoms with van der Waals surface area (Å²) in [6, 6.07) is 15.5. The largest absolute Gasteiger partial charge is 0.480 e. The van der Waals surface area contributed by atoms with Gasteiger partial charge in [0, 0.05) is 18.5 Å². The molecule has 0 saturated carbocycles. The predicted octanol–water partition coefficient (Wildman–Crippen LogP) is 2.17. The fraction of sp³-hybridized carbons (Fsp3) is 0.263. The molecule has 2 N–H and O–H groups in total. The summed E-state index contributed by atoms with van der Waals surface area (Å²) in [5.41, 5.74) is 2.34. The van der Waals surface area contributed by atoms with Gasteiger partial charge in [0.1, 0.15) is 6.04 Å². The number of benzene rings is 2. The number of carboxylic acid groups (broad SMARTS) is 1. The van der Waals surface area contributed by atoms with Gasteiger partial charge in [-0.15, -0.1) is 0 Å². The standard InChI is InChI=1S/C19H22N2O3/c1-21(2)13-15-9-6-10-16(11-15)18(22)20-17(19(23)24)12-14-7-4-3-5-8-14/h3-11,17H,12-13H2,1-2H3,(H,20,22)(H,23,24)/t17-/m1/s1. The third kappa shape index (κ3) is 5.21. The van der Waals surface area contributed by atoms with Crippen molar-refractivity contribution in [3.63, 3.8) is 0 Å². The number of aliphatic carboxylic acids is 1. The molecule has 0 aliphatic carbocycles. The van der Waals surface area contributed by atoms with Crippen LogP contribution in [0.15, 0.2) is 54.6 Å². The van der Waals surface area contributed by atoms with Gasteiger partial charge < -0.3 is 15.3 Å². The van der Waals surface area contributed by atoms with Crippen LogP contribution in [-0.2, 0) is 17.8 Å². The zero-order valence-corrected chi connectivity index (χ0v) is 13.9. The lowest BCUT2D eigenvalue weighted by atomic mass is 10.0. The zero-order chi connectivity index (χ0) is 17.5. The van der Waals surface area contributed by atoms with Crippen molar-refractivity contribution < 1.29 is 14.7 Å². The third-order valence-electron chi connectivity index (χ3n) is 3.57. The number of amides is 1. The minimum Gasteiger partial charge on any atom is -0.480 e. The summed E-state index contributed by atoms with van der Waals surface area (Å²) in [7, 11) is 3.90. The maximum absolute atomic E-state index is 12.4. The SMILES string of the molecule is CN(C)Cc1cccc(C(=O)N[C@H](Cc2ccccc2)C(=O)O)c1. The molecule has 0 aliphatic heterocycles. The van der Waals surface area contributed by atoms with E-state index in [2.05, 4.69) is 5.32 Å². The van der Waals surface area contributed by atoms with Gasteiger partial charge in [-0.25, -0.2) is 4.79 Å². The first-order valence-electron chi connectivity index (χ1n) is 7.77. The van der Waals surface area contributed by atoms with Crippen molar-refractivity contribution in [3.05, 3.63) is 71.3 Å². The van der Waals surface area contributed by atoms with Gasteiger partial charge in [-0.2, -0.15) is 0 Å². The Bertz CT molecular complexity index is 699. The normalized spacial score (nSPS) is 12.0. The zero-order valence-electron chi connectivity index (χ0n) is 13.9. The van der Waals surface area contributed by atoms with Crippen LogP contribution in [0.25, 0.3) is 0 Å². The molecule has 0 spiro atoms. The van der Waals surface area contributed by atoms with Crippen molar-refractivity contribution in [2.24, 2.45) is 0 Å². The van der Waals surface area contributed by atoms with Crippen LogP contribution in [0.2, 0.25) is 0 Å². The quantitative estimate of drug-likeness (QED) is 0.818. The molecule has 2 aromatic rings. The average Bonchev–Trinajstić information content (AvgIpc) is 2.54. The van der Waals surface area contributed by atoms with Gasteiger partial charge >= 0.3 is 5.97 Å². The maximum atomic E-state index is 12.4. The Morgan fingerprint density at radius 1 is 1.04 bits per heavy atom. The molecular weight excluding hydrogens is 304 g/mol. The molecule has 5 heteroatoms. The first-order valence-corrected chi connectivity index (χ1v) is 7.77. The number of nitrogens with one attached hydrogen (secondary N) is 1. The molecule has 24 heavy (non-hydrogen) atoms. The van der Waals surface area contributed by atoms with E-state index >= 15 is 0 Å². The minimum atomic E-state index is -1.04. The van der Waals surface area contributed by atoms with E-state index in [0.29, 0.717) is 12.1 Å². The van der Waals surface area contributed by atoms with Crippen LogP contribution in [0, 0.1) is 0 Å². The lowest BCUT2D eigenvalue weighted by molar-refractivity contribution is -0.139. The van der Waals surface area contributed by atoms with Gasteiger partial charge in [0.15, 0.2) is 0 Å². The average molecular weight is 326 g/mol. The van der Waals surface area contributed by atoms with E-state index in [0.717, 1.165) is 11.1 Å². The first kappa shape index (κ1) is 17.7. The van der Waals surface area contributed by atoms with Crippen LogP contribution in [0.1, 0.15) is 21.5 Å². The summed E-state index contributed by atoms with van der Waals surface area (Å²) in [5.74, 6) is -1.42. The molecule has 0 aromatic heterocycles. The maximum Gasteiger partial charge on any atom is 0.326 e. The molecule has 2 rings (SSSR count). The molecule has 0 bridgehead atoms. The van der Waals surface area contributed by atoms with Crippen LogP contribution >= 0.6 is 0 Å². The second kappa shape index (κ2) is 8.26. The van der Waals surface area contributed by atoms with Crippen molar-refractivity contribution in [1.82, 2.24) is 10.2 Å². The lowest BCUT2D eigenvalue weighted by Crippen LogP contribution is -2.42. The van der Waals surface area contributed by atoms with Crippen molar-refractivity contribution in [1.29, 1.82) is 0 Å². The Morgan fingerprint density at radius 3 is 2.33 bits per heavy atom. The highest BCUT2D eigenvalue weighted by atomic mass is 16.4. The summed E-state index contributed by atoms with van der Waals surface area (Å²) in [6.07, 6.45) is 0.249. The molecule has 0 saturated heterocycles. The van der Waals surface area contributed by atoms with E-state index in [4.69, 9.17) is 0 Å². The van der Waals surface area contributed by atoms with Crippen LogP contribution < -0.4 is 5.32 Å². The first-order chi connectivity index (χ1) is 11.5. The van der Waals surface area contributed by atoms with Gasteiger partial charge in [0.25, 0.3) is 5.91 Å². The molecule has 0 unspecified atom stereocenters. The number of nitrogens with zero attached hydrogens (tertiary/aromatic N) is 1. The number of hydrogen-bond acceptors (Lipinski definition) is 3. The topological polar surface area (TPSA) is 69.6 Å². The number of carbonyl (C=O) groups is 2. The number of hydrogen-bond donors (Lipinski definition) is 2. The highest BCUT2D eigenvalue weighted by molar-refractivity contribution is 5.96. The molecule has 0 aliphatic rings. The Balaban J connectivity index is 2.09. The van der Waals surface area contributed by atoms with Crippen LogP contribution in [0.5, 0.6) is 0 Å². The van der Waals surface area contributed by atoms with Crippen molar-refractivity contribution in [3.8, 4) is 0 Å². The third-order valence-corrected chi connectivity index (χ3v) is 3.57. The fourth-order valence-corrected chi connectivity index (χ4v) is 2.47. The smallest absolute Gasteiger partial charge is 0.326 e. The van der Waals surface area contributed by atoms with E-state index in [1.54, 1.807) is 18.2 Å². The van der Waals surface area contributed by atoms with Crippen LogP contribution in [0.4, 0.5) is 0 Å². The Labute approximate surface area is 141 Å². The van der Waals surface area contributed by atoms with Crippen molar-refractivity contribution >= 4 is 11.9 Å². The fourth-order valence-electron chi connectivity index (χ4n) is 2.47. The Hall–Kier alpha value is -2.66. The second-order valence-corrected chi connectivity index (χ2v) is 5.99. The summed E-state index contributed by atoms with van der Waals surface area (Å²) in [4.78, 5) is 25.9. The molecule has 1 amide bonds. The van der Waals surface area contributed by atoms with Gasteiger partial charge in [0.05, 0.1) is 0 Å². The molecular formula is C19H22N2O3. The van der Waals surface area contributed by atoms with Gasteiger partial charge in [-0.3, -0.25) is 4.79 Å². The van der Waals surface area contributed by atoms with Gasteiger partial charge in [0.2, 0.25) is 0 Å². The number of carboxylic acids is 1. The van der Waals surface area contributed by atoms with E-state index < -0.39 is 12.0 Å². The number of carbonyl (C=O) groups excluding carboxylic acids is 1. The highest BCUT2D eigenvalue weighted by Crippen LogP contribution is 2.09. The Kier molecular flexibility index (Phi) is 6.09. The molecule has 0 radical (unpaired) electrons.